The molecule has 8 rings (SSSR count). The molecule has 0 bridgehead atoms. The third kappa shape index (κ3) is 6.62. The number of rotatable bonds is 10. The smallest absolute Gasteiger partial charge is 0.329 e. The Morgan fingerprint density at radius 1 is 1.09 bits per heavy atom. The molecule has 5 atom stereocenters. The number of aromatic nitrogens is 1. The van der Waals surface area contributed by atoms with E-state index in [0.717, 1.165) is 56.4 Å². The number of ether oxygens (including phenoxy) is 6. The number of phenols is 1. The van der Waals surface area contributed by atoms with Crippen LogP contribution in [0.2, 0.25) is 0 Å². The first kappa shape index (κ1) is 39.2. The maximum atomic E-state index is 14.4. The van der Waals surface area contributed by atoms with Gasteiger partial charge in [-0.3, -0.25) is 15.0 Å². The summed E-state index contributed by atoms with van der Waals surface area (Å²) in [6.45, 7) is 6.43. The van der Waals surface area contributed by atoms with Crippen molar-refractivity contribution in [3.63, 3.8) is 0 Å². The van der Waals surface area contributed by atoms with Gasteiger partial charge in [-0.15, -0.1) is 0 Å². The average molecular weight is 803 g/mol. The second kappa shape index (κ2) is 15.9. The van der Waals surface area contributed by atoms with Crippen molar-refractivity contribution in [3.05, 3.63) is 68.9 Å². The number of carbonyl (C=O) groups excluding carboxylic acids is 2. The highest BCUT2D eigenvalue weighted by Gasteiger charge is 2.51. The molecule has 0 saturated heterocycles. The fourth-order valence-corrected chi connectivity index (χ4v) is 10.6. The van der Waals surface area contributed by atoms with E-state index in [1.807, 2.05) is 45.4 Å². The van der Waals surface area contributed by atoms with Gasteiger partial charge in [0.2, 0.25) is 6.79 Å². The standard InChI is InChI=1S/C42H50N4O10S/c1-20-16-23-8-7-13-46-28(18-53-42(50)34-32-25(11-12-44-34)26-17-24(52-15-14-47)9-10-27(26)45-32)30-31(38(56-22(3)48)21(2)39-40(30)55-19-54-39)41(57-6)35(46)33(43-4)29(23)36(49)37(20)51-5/h9-10,16-17,28,33-35,41,43-45,47,49H,7-8,11-15,18-19H2,1-6H3/t28?,33-,34?,35?,41?/m1/s1. The fourth-order valence-electron chi connectivity index (χ4n) is 9.54. The minimum absolute atomic E-state index is 0.00650. The zero-order valence-corrected chi connectivity index (χ0v) is 33.9. The van der Waals surface area contributed by atoms with Gasteiger partial charge in [-0.2, -0.15) is 11.8 Å². The van der Waals surface area contributed by atoms with Crippen LogP contribution >= 0.6 is 11.8 Å². The SMILES string of the molecule is CN[C@@H]1c2c(cc(C)c(OC)c2O)CCCN2C(COC(=O)C3NCCc4c3[nH]c3ccc(OCCO)cc43)c3c4c(c(C)c(OC(C)=O)c3C(SC)C12)OCO4. The number of nitrogens with one attached hydrogen (secondary N) is 3. The zero-order chi connectivity index (χ0) is 40.1. The summed E-state index contributed by atoms with van der Waals surface area (Å²) in [6.07, 6.45) is 4.18. The van der Waals surface area contributed by atoms with Gasteiger partial charge < -0.3 is 48.9 Å². The first-order chi connectivity index (χ1) is 27.6. The Balaban J connectivity index is 1.24. The molecule has 1 aromatic heterocycles. The summed E-state index contributed by atoms with van der Waals surface area (Å²) in [4.78, 5) is 33.0. The van der Waals surface area contributed by atoms with Crippen molar-refractivity contribution < 1.29 is 48.2 Å². The Morgan fingerprint density at radius 2 is 1.89 bits per heavy atom. The number of H-pyrrole nitrogens is 1. The molecule has 4 aliphatic rings. The van der Waals surface area contributed by atoms with E-state index in [1.165, 1.54) is 6.92 Å². The number of fused-ring (bicyclic) bond motifs is 8. The van der Waals surface area contributed by atoms with Crippen LogP contribution in [-0.2, 0) is 27.2 Å². The lowest BCUT2D eigenvalue weighted by Crippen LogP contribution is -2.54. The highest BCUT2D eigenvalue weighted by atomic mass is 32.2. The van der Waals surface area contributed by atoms with Crippen LogP contribution in [0.25, 0.3) is 10.9 Å². The minimum Gasteiger partial charge on any atom is -0.504 e. The molecule has 14 nitrogen and oxygen atoms in total. The average Bonchev–Trinajstić information content (AvgIpc) is 3.84. The van der Waals surface area contributed by atoms with Crippen LogP contribution in [0.5, 0.6) is 34.5 Å². The molecule has 5 heterocycles. The number of nitrogens with zero attached hydrogens (tertiary/aromatic N) is 1. The Morgan fingerprint density at radius 3 is 2.63 bits per heavy atom. The van der Waals surface area contributed by atoms with Crippen LogP contribution in [0, 0.1) is 13.8 Å². The van der Waals surface area contributed by atoms with Crippen molar-refractivity contribution >= 4 is 34.6 Å². The second-order valence-electron chi connectivity index (χ2n) is 14.9. The van der Waals surface area contributed by atoms with Crippen molar-refractivity contribution in [1.29, 1.82) is 0 Å². The number of methoxy groups -OCH3 is 1. The summed E-state index contributed by atoms with van der Waals surface area (Å²) in [6, 6.07) is 5.74. The summed E-state index contributed by atoms with van der Waals surface area (Å²) in [5, 5.41) is 28.8. The third-order valence-electron chi connectivity index (χ3n) is 11.8. The molecule has 4 aromatic rings. The zero-order valence-electron chi connectivity index (χ0n) is 33.1. The summed E-state index contributed by atoms with van der Waals surface area (Å²) in [7, 11) is 3.44. The van der Waals surface area contributed by atoms with E-state index in [4.69, 9.17) is 28.4 Å². The van der Waals surface area contributed by atoms with Gasteiger partial charge in [-0.1, -0.05) is 6.07 Å². The minimum atomic E-state index is -0.752. The van der Waals surface area contributed by atoms with E-state index >= 15 is 0 Å². The third-order valence-corrected chi connectivity index (χ3v) is 12.8. The number of hydrogen-bond donors (Lipinski definition) is 5. The molecule has 15 heteroatoms. The number of carbonyl (C=O) groups is 2. The predicted molar refractivity (Wildman–Crippen MR) is 214 cm³/mol. The van der Waals surface area contributed by atoms with Crippen LogP contribution in [-0.4, -0.2) is 98.2 Å². The summed E-state index contributed by atoms with van der Waals surface area (Å²) < 4.78 is 36.2. The van der Waals surface area contributed by atoms with Crippen molar-refractivity contribution in [3.8, 4) is 34.5 Å². The Labute approximate surface area is 335 Å². The molecule has 0 fully saturated rings. The lowest BCUT2D eigenvalue weighted by atomic mass is 9.78. The van der Waals surface area contributed by atoms with Gasteiger partial charge in [-0.25, -0.2) is 4.79 Å². The van der Waals surface area contributed by atoms with E-state index in [9.17, 15) is 19.8 Å². The van der Waals surface area contributed by atoms with Gasteiger partial charge >= 0.3 is 11.9 Å². The van der Waals surface area contributed by atoms with Gasteiger partial charge in [0, 0.05) is 58.4 Å². The summed E-state index contributed by atoms with van der Waals surface area (Å²) >= 11 is 1.62. The molecule has 0 amide bonds. The number of aliphatic hydroxyl groups is 1. The van der Waals surface area contributed by atoms with E-state index < -0.39 is 30.1 Å². The number of phenolic OH excluding ortho intramolecular Hbond substituents is 1. The Kier molecular flexibility index (Phi) is 11.0. The highest BCUT2D eigenvalue weighted by Crippen LogP contribution is 2.60. The van der Waals surface area contributed by atoms with Crippen molar-refractivity contribution in [2.45, 2.75) is 69.5 Å². The van der Waals surface area contributed by atoms with Crippen molar-refractivity contribution in [2.24, 2.45) is 0 Å². The van der Waals surface area contributed by atoms with E-state index in [-0.39, 0.29) is 43.7 Å². The lowest BCUT2D eigenvalue weighted by molar-refractivity contribution is -0.149. The number of aliphatic hydroxyl groups excluding tert-OH is 1. The van der Waals surface area contributed by atoms with Crippen LogP contribution in [0.1, 0.15) is 81.4 Å². The quantitative estimate of drug-likeness (QED) is 0.107. The van der Waals surface area contributed by atoms with E-state index in [0.29, 0.717) is 60.2 Å². The molecule has 0 aliphatic carbocycles. The van der Waals surface area contributed by atoms with Crippen molar-refractivity contribution in [1.82, 2.24) is 20.5 Å². The number of esters is 2. The molecule has 57 heavy (non-hydrogen) atoms. The molecule has 0 radical (unpaired) electrons. The molecule has 5 N–H and O–H groups in total. The largest absolute Gasteiger partial charge is 0.504 e. The fraction of sp³-hybridized carbons (Fsp3) is 0.476. The molecule has 4 aliphatic heterocycles. The number of likely N-dealkylation sites (N-methyl/N-ethyl adjacent to an activating group) is 1. The lowest BCUT2D eigenvalue weighted by Gasteiger charge is -2.51. The number of hydrogen-bond acceptors (Lipinski definition) is 14. The van der Waals surface area contributed by atoms with Crippen molar-refractivity contribution in [2.75, 3.05) is 60.1 Å². The number of aromatic amines is 1. The van der Waals surface area contributed by atoms with Gasteiger partial charge in [-0.05, 0) is 87.8 Å². The summed E-state index contributed by atoms with van der Waals surface area (Å²) in [5.74, 6) is 1.70. The van der Waals surface area contributed by atoms with Crippen LogP contribution in [0.15, 0.2) is 24.3 Å². The molecular formula is C42H50N4O10S. The topological polar surface area (TPSA) is 173 Å². The summed E-state index contributed by atoms with van der Waals surface area (Å²) in [5.41, 5.74) is 7.45. The molecule has 0 spiro atoms. The van der Waals surface area contributed by atoms with Gasteiger partial charge in [0.05, 0.1) is 31.1 Å². The highest BCUT2D eigenvalue weighted by molar-refractivity contribution is 7.98. The molecule has 4 unspecified atom stereocenters. The number of benzene rings is 3. The second-order valence-corrected chi connectivity index (χ2v) is 15.9. The van der Waals surface area contributed by atoms with Crippen LogP contribution < -0.4 is 34.3 Å². The van der Waals surface area contributed by atoms with Gasteiger partial charge in [0.15, 0.2) is 23.0 Å². The maximum absolute atomic E-state index is 14.4. The maximum Gasteiger partial charge on any atom is 0.329 e. The number of aryl methyl sites for hydroxylation is 2. The van der Waals surface area contributed by atoms with E-state index in [1.54, 1.807) is 18.9 Å². The van der Waals surface area contributed by atoms with E-state index in [2.05, 4.69) is 26.6 Å². The van der Waals surface area contributed by atoms with Crippen LogP contribution in [0.3, 0.4) is 0 Å². The molecule has 304 valence electrons. The molecule has 0 saturated carbocycles. The van der Waals surface area contributed by atoms with Gasteiger partial charge in [0.25, 0.3) is 0 Å². The van der Waals surface area contributed by atoms with Gasteiger partial charge in [0.1, 0.15) is 30.8 Å². The molecular weight excluding hydrogens is 753 g/mol. The normalized spacial score (nSPS) is 22.4. The Bertz CT molecular complexity index is 2220. The first-order valence-corrected chi connectivity index (χ1v) is 20.7. The first-order valence-electron chi connectivity index (χ1n) is 19.4. The van der Waals surface area contributed by atoms with Crippen LogP contribution in [0.4, 0.5) is 0 Å². The number of thioether (sulfide) groups is 1. The molecule has 3 aromatic carbocycles. The monoisotopic (exact) mass is 802 g/mol. The Hall–Kier alpha value is -4.67. The predicted octanol–water partition coefficient (Wildman–Crippen LogP) is 4.99. The number of aromatic hydroxyl groups is 1.